The van der Waals surface area contributed by atoms with Gasteiger partial charge < -0.3 is 25.0 Å². The fourth-order valence-corrected chi connectivity index (χ4v) is 2.43. The van der Waals surface area contributed by atoms with E-state index in [0.29, 0.717) is 0 Å². The van der Waals surface area contributed by atoms with Crippen molar-refractivity contribution in [1.82, 2.24) is 14.9 Å². The van der Waals surface area contributed by atoms with Crippen molar-refractivity contribution in [3.63, 3.8) is 0 Å². The van der Waals surface area contributed by atoms with E-state index >= 15 is 0 Å². The van der Waals surface area contributed by atoms with Gasteiger partial charge >= 0.3 is 17.8 Å². The topological polar surface area (TPSA) is 143 Å². The number of nitrogens with zero attached hydrogens (tertiary/aromatic N) is 1. The molecule has 2 rings (SSSR count). The molecule has 1 aromatic heterocycles. The fraction of sp³-hybridized carbons (Fsp3) is 0.562. The molecule has 0 aromatic carbocycles. The second-order valence-corrected chi connectivity index (χ2v) is 5.93. The Morgan fingerprint density at radius 3 is 2.79 bits per heavy atom. The minimum atomic E-state index is -4.97. The Labute approximate surface area is 161 Å². The number of halogens is 3. The number of alkyl halides is 3. The Morgan fingerprint density at radius 2 is 2.17 bits per heavy atom. The molecule has 1 unspecified atom stereocenters. The Balaban J connectivity index is 1.93. The van der Waals surface area contributed by atoms with E-state index in [1.807, 2.05) is 0 Å². The monoisotopic (exact) mass is 421 g/mol. The second-order valence-electron chi connectivity index (χ2n) is 5.93. The van der Waals surface area contributed by atoms with Gasteiger partial charge in [-0.15, -0.1) is 0 Å². The van der Waals surface area contributed by atoms with Crippen LogP contribution in [0.2, 0.25) is 0 Å². The maximum absolute atomic E-state index is 12.0. The molecule has 13 heteroatoms. The average molecular weight is 421 g/mol. The van der Waals surface area contributed by atoms with Crippen LogP contribution in [-0.4, -0.2) is 70.4 Å². The molecule has 3 atom stereocenters. The van der Waals surface area contributed by atoms with Gasteiger partial charge in [0.25, 0.3) is 5.56 Å². The SMILES string of the molecule is O=C(NCCOCC#Cc1cn([C@@H]2CC(O)[C@H](CO)O2)c(=O)[nH]c1=O)C(F)(F)F. The summed E-state index contributed by atoms with van der Waals surface area (Å²) in [4.78, 5) is 36.4. The maximum Gasteiger partial charge on any atom is 0.471 e. The number of aliphatic hydroxyl groups excluding tert-OH is 2. The summed E-state index contributed by atoms with van der Waals surface area (Å²) in [5.74, 6) is 2.83. The average Bonchev–Trinajstić information content (AvgIpc) is 3.01. The van der Waals surface area contributed by atoms with Gasteiger partial charge in [-0.3, -0.25) is 19.1 Å². The van der Waals surface area contributed by atoms with Gasteiger partial charge in [0.15, 0.2) is 0 Å². The van der Waals surface area contributed by atoms with E-state index in [0.717, 1.165) is 10.8 Å². The van der Waals surface area contributed by atoms with Crippen LogP contribution < -0.4 is 16.6 Å². The summed E-state index contributed by atoms with van der Waals surface area (Å²) in [6.45, 7) is -1.30. The highest BCUT2D eigenvalue weighted by Crippen LogP contribution is 2.27. The number of amides is 1. The highest BCUT2D eigenvalue weighted by atomic mass is 19.4. The number of hydrogen-bond donors (Lipinski definition) is 4. The quantitative estimate of drug-likeness (QED) is 0.314. The van der Waals surface area contributed by atoms with E-state index in [2.05, 4.69) is 16.8 Å². The minimum absolute atomic E-state index is 0.0246. The van der Waals surface area contributed by atoms with Gasteiger partial charge in [0.1, 0.15) is 24.5 Å². The third kappa shape index (κ3) is 6.16. The van der Waals surface area contributed by atoms with Crippen LogP contribution in [0.1, 0.15) is 18.2 Å². The fourth-order valence-electron chi connectivity index (χ4n) is 2.43. The van der Waals surface area contributed by atoms with Crippen LogP contribution in [0.15, 0.2) is 15.8 Å². The number of rotatable bonds is 6. The third-order valence-corrected chi connectivity index (χ3v) is 3.85. The summed E-state index contributed by atoms with van der Waals surface area (Å²) in [6, 6.07) is 0. The number of aromatic nitrogens is 2. The molecule has 0 bridgehead atoms. The predicted octanol–water partition coefficient (Wildman–Crippen LogP) is -1.78. The van der Waals surface area contributed by atoms with Gasteiger partial charge in [0.05, 0.1) is 19.3 Å². The standard InChI is InChI=1S/C16H18F3N3O7/c17-16(18,19)14(26)20-3-5-28-4-1-2-9-7-22(15(27)21-13(9)25)12-6-10(24)11(8-23)29-12/h7,10-12,23-24H,3-6,8H2,(H,20,26)(H,21,25,27)/t10?,11-,12-/m0/s1. The van der Waals surface area contributed by atoms with Crippen molar-refractivity contribution in [2.45, 2.75) is 31.0 Å². The van der Waals surface area contributed by atoms with E-state index in [1.165, 1.54) is 0 Å². The number of aliphatic hydroxyl groups is 2. The molecule has 29 heavy (non-hydrogen) atoms. The van der Waals surface area contributed by atoms with Crippen molar-refractivity contribution in [1.29, 1.82) is 0 Å². The summed E-state index contributed by atoms with van der Waals surface area (Å²) in [5.41, 5.74) is -1.66. The van der Waals surface area contributed by atoms with Gasteiger partial charge in [-0.1, -0.05) is 11.8 Å². The normalized spacial score (nSPS) is 21.5. The summed E-state index contributed by atoms with van der Waals surface area (Å²) >= 11 is 0. The van der Waals surface area contributed by atoms with Gasteiger partial charge in [0, 0.05) is 19.2 Å². The van der Waals surface area contributed by atoms with Gasteiger partial charge in [-0.2, -0.15) is 13.2 Å². The van der Waals surface area contributed by atoms with Crippen molar-refractivity contribution in [2.24, 2.45) is 0 Å². The zero-order chi connectivity index (χ0) is 21.6. The van der Waals surface area contributed by atoms with E-state index in [-0.39, 0.29) is 31.7 Å². The lowest BCUT2D eigenvalue weighted by molar-refractivity contribution is -0.173. The maximum atomic E-state index is 12.0. The number of ether oxygens (including phenoxy) is 2. The van der Waals surface area contributed by atoms with Crippen LogP contribution in [0.3, 0.4) is 0 Å². The molecular formula is C16H18F3N3O7. The van der Waals surface area contributed by atoms with Gasteiger partial charge in [0.2, 0.25) is 0 Å². The molecule has 1 aliphatic rings. The Morgan fingerprint density at radius 1 is 1.45 bits per heavy atom. The number of carbonyl (C=O) groups excluding carboxylic acids is 1. The number of H-pyrrole nitrogens is 1. The van der Waals surface area contributed by atoms with Crippen molar-refractivity contribution >= 4 is 5.91 Å². The number of hydrogen-bond acceptors (Lipinski definition) is 7. The third-order valence-electron chi connectivity index (χ3n) is 3.85. The first-order chi connectivity index (χ1) is 13.6. The predicted molar refractivity (Wildman–Crippen MR) is 89.7 cm³/mol. The molecule has 10 nitrogen and oxygen atoms in total. The number of carbonyl (C=O) groups is 1. The lowest BCUT2D eigenvalue weighted by Crippen LogP contribution is -2.38. The summed E-state index contributed by atoms with van der Waals surface area (Å²) in [6.07, 6.45) is -6.56. The number of aromatic amines is 1. The number of nitrogens with one attached hydrogen (secondary N) is 2. The van der Waals surface area contributed by atoms with Crippen LogP contribution in [0.5, 0.6) is 0 Å². The molecule has 1 aromatic rings. The second kappa shape index (κ2) is 9.70. The molecular weight excluding hydrogens is 403 g/mol. The molecule has 1 fully saturated rings. The van der Waals surface area contributed by atoms with Crippen molar-refractivity contribution in [3.8, 4) is 11.8 Å². The largest absolute Gasteiger partial charge is 0.471 e. The molecule has 4 N–H and O–H groups in total. The lowest BCUT2D eigenvalue weighted by Gasteiger charge is -2.14. The van der Waals surface area contributed by atoms with E-state index in [9.17, 15) is 32.7 Å². The van der Waals surface area contributed by atoms with Crippen LogP contribution >= 0.6 is 0 Å². The molecule has 0 aliphatic carbocycles. The first kappa shape index (κ1) is 22.6. The minimum Gasteiger partial charge on any atom is -0.394 e. The summed E-state index contributed by atoms with van der Waals surface area (Å²) in [5, 5.41) is 20.5. The summed E-state index contributed by atoms with van der Waals surface area (Å²) in [7, 11) is 0. The van der Waals surface area contributed by atoms with E-state index in [1.54, 1.807) is 5.32 Å². The molecule has 160 valence electrons. The Hall–Kier alpha value is -2.66. The summed E-state index contributed by atoms with van der Waals surface area (Å²) < 4.78 is 47.2. The highest BCUT2D eigenvalue weighted by Gasteiger charge is 2.38. The molecule has 2 heterocycles. The smallest absolute Gasteiger partial charge is 0.394 e. The van der Waals surface area contributed by atoms with Crippen molar-refractivity contribution in [2.75, 3.05) is 26.4 Å². The molecule has 1 saturated heterocycles. The van der Waals surface area contributed by atoms with E-state index in [4.69, 9.17) is 14.6 Å². The van der Waals surface area contributed by atoms with Crippen molar-refractivity contribution < 1.29 is 37.7 Å². The van der Waals surface area contributed by atoms with E-state index < -0.39 is 48.4 Å². The Kier molecular flexibility index (Phi) is 7.57. The first-order valence-corrected chi connectivity index (χ1v) is 8.35. The van der Waals surface area contributed by atoms with Gasteiger partial charge in [-0.25, -0.2) is 4.79 Å². The molecule has 0 spiro atoms. The van der Waals surface area contributed by atoms with Crippen LogP contribution in [-0.2, 0) is 14.3 Å². The van der Waals surface area contributed by atoms with Crippen LogP contribution in [0, 0.1) is 11.8 Å². The molecule has 0 saturated carbocycles. The Bertz CT molecular complexity index is 900. The lowest BCUT2D eigenvalue weighted by atomic mass is 10.2. The first-order valence-electron chi connectivity index (χ1n) is 8.35. The molecule has 1 aliphatic heterocycles. The van der Waals surface area contributed by atoms with Gasteiger partial charge in [-0.05, 0) is 0 Å². The molecule has 1 amide bonds. The highest BCUT2D eigenvalue weighted by molar-refractivity contribution is 5.81. The zero-order valence-corrected chi connectivity index (χ0v) is 14.9. The zero-order valence-electron chi connectivity index (χ0n) is 14.9. The van der Waals surface area contributed by atoms with Crippen molar-refractivity contribution in [3.05, 3.63) is 32.6 Å². The van der Waals surface area contributed by atoms with Crippen LogP contribution in [0.4, 0.5) is 13.2 Å². The molecule has 0 radical (unpaired) electrons. The van der Waals surface area contributed by atoms with Crippen LogP contribution in [0.25, 0.3) is 0 Å².